The van der Waals surface area contributed by atoms with Crippen LogP contribution in [-0.2, 0) is 32.0 Å². The lowest BCUT2D eigenvalue weighted by Gasteiger charge is -2.29. The highest BCUT2D eigenvalue weighted by molar-refractivity contribution is 7.59. The summed E-state index contributed by atoms with van der Waals surface area (Å²) in [6.07, 6.45) is 5.56. The Balaban J connectivity index is 0. The zero-order valence-electron chi connectivity index (χ0n) is 25.3. The molecule has 11 nitrogen and oxygen atoms in total. The molecule has 2 heterocycles. The van der Waals surface area contributed by atoms with Crippen LogP contribution < -0.4 is 32.7 Å². The fourth-order valence-corrected chi connectivity index (χ4v) is 4.75. The summed E-state index contributed by atoms with van der Waals surface area (Å²) in [6.45, 7) is 1.20. The molecule has 15 heteroatoms. The van der Waals surface area contributed by atoms with Gasteiger partial charge in [0.15, 0.2) is 0 Å². The minimum absolute atomic E-state index is 0. The summed E-state index contributed by atoms with van der Waals surface area (Å²) < 4.78 is 0. The number of benzene rings is 2. The standard InChI is InChI=1S/C15H21N3O3.C15H21N3O2.4H2S/c16-8-2-1-3-12-14(20)18-13(15(21)17-12)9-10-4-6-11(19)7-5-10;16-9-5-4-8-12-14(19)18-13(15(20)17-12)10-11-6-2-1-3-7-11;;;;/h4-7,12-13,19H,1-3,8-9,16H2,(H,17,21)(H,18,20);1-3,6-7,12-13H,4-5,8-10,16H2,(H,17,20)(H,18,19);4*1H2/t2*12-,13-;;;;/m00..../s1. The Morgan fingerprint density at radius 3 is 1.27 bits per heavy atom. The molecule has 2 aromatic rings. The van der Waals surface area contributed by atoms with Crippen molar-refractivity contribution in [3.8, 4) is 5.75 Å². The van der Waals surface area contributed by atoms with Gasteiger partial charge in [-0.2, -0.15) is 54.0 Å². The second kappa shape index (κ2) is 23.7. The first-order valence-electron chi connectivity index (χ1n) is 14.2. The summed E-state index contributed by atoms with van der Waals surface area (Å²) in [5.41, 5.74) is 12.8. The van der Waals surface area contributed by atoms with Gasteiger partial charge in [-0.1, -0.05) is 42.5 Å². The van der Waals surface area contributed by atoms with E-state index in [0.717, 1.165) is 36.8 Å². The molecule has 0 unspecified atom stereocenters. The zero-order valence-corrected chi connectivity index (χ0v) is 29.3. The molecule has 0 aliphatic carbocycles. The lowest BCUT2D eigenvalue weighted by atomic mass is 10.00. The van der Waals surface area contributed by atoms with Gasteiger partial charge < -0.3 is 37.8 Å². The van der Waals surface area contributed by atoms with Crippen molar-refractivity contribution in [2.75, 3.05) is 13.1 Å². The van der Waals surface area contributed by atoms with Crippen molar-refractivity contribution in [3.63, 3.8) is 0 Å². The predicted octanol–water partition coefficient (Wildman–Crippen LogP) is 0.839. The van der Waals surface area contributed by atoms with Gasteiger partial charge in [0, 0.05) is 12.8 Å². The van der Waals surface area contributed by atoms with Gasteiger partial charge in [0.05, 0.1) is 0 Å². The number of phenolic OH excluding ortho intramolecular Hbond substituents is 1. The van der Waals surface area contributed by atoms with Crippen molar-refractivity contribution in [2.24, 2.45) is 11.5 Å². The van der Waals surface area contributed by atoms with Gasteiger partial charge in [-0.05, 0) is 74.9 Å². The quantitative estimate of drug-likeness (QED) is 0.160. The SMILES string of the molecule is NCCCC[C@@H]1NC(=O)[C@H](Cc2ccc(O)cc2)NC1=O.NCCCC[C@@H]1NC(=O)[C@H](Cc2ccccc2)NC1=O.S.S.S.S. The monoisotopic (exact) mass is 702 g/mol. The first-order valence-corrected chi connectivity index (χ1v) is 14.2. The highest BCUT2D eigenvalue weighted by Gasteiger charge is 2.34. The third-order valence-corrected chi connectivity index (χ3v) is 7.08. The van der Waals surface area contributed by atoms with Crippen molar-refractivity contribution in [1.29, 1.82) is 0 Å². The summed E-state index contributed by atoms with van der Waals surface area (Å²) in [4.78, 5) is 48.1. The van der Waals surface area contributed by atoms with E-state index in [2.05, 4.69) is 21.3 Å². The molecule has 2 aliphatic rings. The Labute approximate surface area is 293 Å². The molecule has 0 radical (unpaired) electrons. The van der Waals surface area contributed by atoms with Crippen LogP contribution in [0.25, 0.3) is 0 Å². The van der Waals surface area contributed by atoms with Crippen molar-refractivity contribution in [1.82, 2.24) is 21.3 Å². The molecule has 0 saturated carbocycles. The lowest BCUT2D eigenvalue weighted by Crippen LogP contribution is -2.62. The van der Waals surface area contributed by atoms with Crippen molar-refractivity contribution in [3.05, 3.63) is 65.7 Å². The molecule has 45 heavy (non-hydrogen) atoms. The zero-order chi connectivity index (χ0) is 29.6. The first-order chi connectivity index (χ1) is 19.8. The molecule has 9 N–H and O–H groups in total. The number of piperazine rings is 2. The highest BCUT2D eigenvalue weighted by atomic mass is 32.1. The Bertz CT molecular complexity index is 1160. The van der Waals surface area contributed by atoms with Crippen LogP contribution in [-0.4, -0.2) is 66.0 Å². The van der Waals surface area contributed by atoms with Crippen molar-refractivity contribution >= 4 is 77.6 Å². The Morgan fingerprint density at radius 2 is 0.867 bits per heavy atom. The molecule has 2 saturated heterocycles. The number of rotatable bonds is 12. The van der Waals surface area contributed by atoms with Crippen LogP contribution in [0.1, 0.15) is 49.7 Å². The molecule has 2 aliphatic heterocycles. The average molecular weight is 703 g/mol. The number of hydrogen-bond acceptors (Lipinski definition) is 7. The summed E-state index contributed by atoms with van der Waals surface area (Å²) in [5.74, 6) is -0.333. The van der Waals surface area contributed by atoms with Gasteiger partial charge in [0.1, 0.15) is 29.9 Å². The number of carbonyl (C=O) groups excluding carboxylic acids is 4. The van der Waals surface area contributed by atoms with Crippen LogP contribution in [0.4, 0.5) is 0 Å². The number of phenols is 1. The number of unbranched alkanes of at least 4 members (excludes halogenated alkanes) is 2. The van der Waals surface area contributed by atoms with Gasteiger partial charge in [0.2, 0.25) is 23.6 Å². The van der Waals surface area contributed by atoms with Gasteiger partial charge in [-0.3, -0.25) is 19.2 Å². The fourth-order valence-electron chi connectivity index (χ4n) is 4.75. The molecule has 0 bridgehead atoms. The largest absolute Gasteiger partial charge is 0.508 e. The second-order valence-corrected chi connectivity index (χ2v) is 10.4. The van der Waals surface area contributed by atoms with Crippen molar-refractivity contribution in [2.45, 2.75) is 75.5 Å². The van der Waals surface area contributed by atoms with Crippen molar-refractivity contribution < 1.29 is 24.3 Å². The van der Waals surface area contributed by atoms with E-state index in [9.17, 15) is 24.3 Å². The van der Waals surface area contributed by atoms with Gasteiger partial charge in [0.25, 0.3) is 0 Å². The van der Waals surface area contributed by atoms with Crippen LogP contribution in [0.3, 0.4) is 0 Å². The molecule has 2 aromatic carbocycles. The Morgan fingerprint density at radius 1 is 0.511 bits per heavy atom. The molecular formula is C30H50N6O5S4. The molecular weight excluding hydrogens is 653 g/mol. The molecule has 2 fully saturated rings. The predicted molar refractivity (Wildman–Crippen MR) is 197 cm³/mol. The van der Waals surface area contributed by atoms with Crippen LogP contribution in [0.2, 0.25) is 0 Å². The second-order valence-electron chi connectivity index (χ2n) is 10.4. The Kier molecular flexibility index (Phi) is 23.5. The van der Waals surface area contributed by atoms with Crippen LogP contribution in [0.15, 0.2) is 54.6 Å². The molecule has 4 rings (SSSR count). The van der Waals surface area contributed by atoms with E-state index in [4.69, 9.17) is 11.5 Å². The minimum atomic E-state index is -0.562. The smallest absolute Gasteiger partial charge is 0.243 e. The van der Waals surface area contributed by atoms with E-state index in [1.165, 1.54) is 0 Å². The maximum absolute atomic E-state index is 12.1. The number of carbonyl (C=O) groups is 4. The van der Waals surface area contributed by atoms with Gasteiger partial charge >= 0.3 is 0 Å². The normalized spacial score (nSPS) is 20.0. The summed E-state index contributed by atoms with van der Waals surface area (Å²) in [6, 6.07) is 14.4. The van der Waals surface area contributed by atoms with Crippen LogP contribution in [0.5, 0.6) is 5.75 Å². The molecule has 0 spiro atoms. The third-order valence-electron chi connectivity index (χ3n) is 7.08. The van der Waals surface area contributed by atoms with E-state index in [0.29, 0.717) is 38.8 Å². The number of nitrogens with one attached hydrogen (secondary N) is 4. The summed E-state index contributed by atoms with van der Waals surface area (Å²) in [7, 11) is 0. The number of amides is 4. The van der Waals surface area contributed by atoms with E-state index in [1.54, 1.807) is 24.3 Å². The number of nitrogens with two attached hydrogens (primary N) is 2. The van der Waals surface area contributed by atoms with E-state index in [-0.39, 0.29) is 83.4 Å². The third kappa shape index (κ3) is 15.1. The van der Waals surface area contributed by atoms with Gasteiger partial charge in [-0.15, -0.1) is 0 Å². The van der Waals surface area contributed by atoms with E-state index < -0.39 is 24.2 Å². The molecule has 4 atom stereocenters. The average Bonchev–Trinajstić information content (AvgIpc) is 2.96. The molecule has 0 aromatic heterocycles. The Hall–Kier alpha value is -2.56. The van der Waals surface area contributed by atoms with E-state index >= 15 is 0 Å². The topological polar surface area (TPSA) is 189 Å². The molecule has 254 valence electrons. The summed E-state index contributed by atoms with van der Waals surface area (Å²) >= 11 is 0. The summed E-state index contributed by atoms with van der Waals surface area (Å²) in [5, 5.41) is 20.4. The lowest BCUT2D eigenvalue weighted by molar-refractivity contribution is -0.136. The number of hydrogen-bond donors (Lipinski definition) is 7. The molecule has 4 amide bonds. The number of aromatic hydroxyl groups is 1. The maximum Gasteiger partial charge on any atom is 0.243 e. The maximum atomic E-state index is 12.1. The van der Waals surface area contributed by atoms with Gasteiger partial charge in [-0.25, -0.2) is 0 Å². The van der Waals surface area contributed by atoms with Crippen LogP contribution in [0, 0.1) is 0 Å². The highest BCUT2D eigenvalue weighted by Crippen LogP contribution is 2.14. The first kappa shape index (κ1) is 44.6. The van der Waals surface area contributed by atoms with Crippen LogP contribution >= 0.6 is 54.0 Å². The fraction of sp³-hybridized carbons (Fsp3) is 0.467. The minimum Gasteiger partial charge on any atom is -0.508 e. The van der Waals surface area contributed by atoms with E-state index in [1.807, 2.05) is 30.3 Å².